The molecule has 0 radical (unpaired) electrons. The number of halogens is 2. The van der Waals surface area contributed by atoms with E-state index in [1.165, 1.54) is 0 Å². The lowest BCUT2D eigenvalue weighted by molar-refractivity contribution is 0.418. The van der Waals surface area contributed by atoms with E-state index in [0.29, 0.717) is 27.9 Å². The van der Waals surface area contributed by atoms with Gasteiger partial charge in [-0.05, 0) is 18.6 Å². The third kappa shape index (κ3) is 2.73. The quantitative estimate of drug-likeness (QED) is 0.838. The Morgan fingerprint density at radius 1 is 1.29 bits per heavy atom. The van der Waals surface area contributed by atoms with Gasteiger partial charge in [0.1, 0.15) is 0 Å². The van der Waals surface area contributed by atoms with Crippen LogP contribution in [0.15, 0.2) is 16.7 Å². The van der Waals surface area contributed by atoms with Gasteiger partial charge in [-0.15, -0.1) is 0 Å². The van der Waals surface area contributed by atoms with Gasteiger partial charge in [-0.2, -0.15) is 4.98 Å². The zero-order valence-corrected chi connectivity index (χ0v) is 13.0. The number of anilines is 1. The molecule has 1 aromatic carbocycles. The molecule has 112 valence electrons. The molecule has 2 heterocycles. The number of hydrogen-bond acceptors (Lipinski definition) is 6. The zero-order valence-electron chi connectivity index (χ0n) is 10.7. The van der Waals surface area contributed by atoms with E-state index in [2.05, 4.69) is 10.1 Å². The smallest absolute Gasteiger partial charge is 0.261 e. The molecule has 0 saturated carbocycles. The maximum atomic E-state index is 11.5. The summed E-state index contributed by atoms with van der Waals surface area (Å²) in [5.41, 5.74) is 6.49. The van der Waals surface area contributed by atoms with Crippen molar-refractivity contribution >= 4 is 38.7 Å². The molecule has 2 N–H and O–H groups in total. The van der Waals surface area contributed by atoms with Crippen LogP contribution < -0.4 is 5.73 Å². The van der Waals surface area contributed by atoms with Crippen molar-refractivity contribution in [2.24, 2.45) is 0 Å². The Hall–Kier alpha value is -1.31. The maximum absolute atomic E-state index is 11.5. The van der Waals surface area contributed by atoms with E-state index in [9.17, 15) is 8.42 Å². The van der Waals surface area contributed by atoms with Crippen molar-refractivity contribution in [2.45, 2.75) is 12.3 Å². The number of rotatable bonds is 2. The molecule has 1 aliphatic heterocycles. The Balaban J connectivity index is 1.98. The summed E-state index contributed by atoms with van der Waals surface area (Å²) in [7, 11) is -3.02. The Morgan fingerprint density at radius 2 is 2.00 bits per heavy atom. The molecule has 1 aromatic heterocycles. The van der Waals surface area contributed by atoms with Gasteiger partial charge in [0.15, 0.2) is 15.7 Å². The van der Waals surface area contributed by atoms with Gasteiger partial charge in [0, 0.05) is 5.92 Å². The van der Waals surface area contributed by atoms with Crippen LogP contribution in [0.1, 0.15) is 18.2 Å². The maximum Gasteiger partial charge on any atom is 0.261 e. The fourth-order valence-corrected chi connectivity index (χ4v) is 4.43. The van der Waals surface area contributed by atoms with Crippen LogP contribution in [0, 0.1) is 0 Å². The third-order valence-corrected chi connectivity index (χ3v) is 5.81. The van der Waals surface area contributed by atoms with E-state index in [-0.39, 0.29) is 29.0 Å². The largest absolute Gasteiger partial charge is 0.397 e. The average Bonchev–Trinajstić information content (AvgIpc) is 3.01. The molecular formula is C12H11Cl2N3O3S. The average molecular weight is 348 g/mol. The molecule has 3 rings (SSSR count). The molecular weight excluding hydrogens is 337 g/mol. The normalized spacial score (nSPS) is 20.8. The fourth-order valence-electron chi connectivity index (χ4n) is 2.29. The highest BCUT2D eigenvalue weighted by molar-refractivity contribution is 7.91. The predicted octanol–water partition coefficient (Wildman–Crippen LogP) is 2.53. The molecule has 0 spiro atoms. The SMILES string of the molecule is Nc1c(Cl)ccc(Cl)c1-c1nc(C2CCS(=O)(=O)C2)no1. The summed E-state index contributed by atoms with van der Waals surface area (Å²) < 4.78 is 28.2. The number of sulfone groups is 1. The number of nitrogen functional groups attached to an aromatic ring is 1. The molecule has 0 bridgehead atoms. The van der Waals surface area contributed by atoms with Crippen molar-refractivity contribution in [1.82, 2.24) is 10.1 Å². The van der Waals surface area contributed by atoms with E-state index in [1.54, 1.807) is 12.1 Å². The van der Waals surface area contributed by atoms with Crippen molar-refractivity contribution in [2.75, 3.05) is 17.2 Å². The van der Waals surface area contributed by atoms with Crippen LogP contribution in [0.2, 0.25) is 10.0 Å². The summed E-state index contributed by atoms with van der Waals surface area (Å²) in [5.74, 6) is 0.402. The summed E-state index contributed by atoms with van der Waals surface area (Å²) in [5, 5.41) is 4.51. The van der Waals surface area contributed by atoms with Crippen molar-refractivity contribution < 1.29 is 12.9 Å². The van der Waals surface area contributed by atoms with Gasteiger partial charge in [-0.25, -0.2) is 8.42 Å². The van der Waals surface area contributed by atoms with Gasteiger partial charge in [-0.1, -0.05) is 28.4 Å². The summed E-state index contributed by atoms with van der Waals surface area (Å²) in [6.45, 7) is 0. The van der Waals surface area contributed by atoms with Crippen molar-refractivity contribution in [3.8, 4) is 11.5 Å². The zero-order chi connectivity index (χ0) is 15.2. The van der Waals surface area contributed by atoms with Gasteiger partial charge < -0.3 is 10.3 Å². The van der Waals surface area contributed by atoms with E-state index in [1.807, 2.05) is 0 Å². The van der Waals surface area contributed by atoms with Gasteiger partial charge in [0.2, 0.25) is 0 Å². The standard InChI is InChI=1S/C12H11Cl2N3O3S/c13-7-1-2-8(14)10(15)9(7)12-16-11(17-20-12)6-3-4-21(18,19)5-6/h1-2,6H,3-5,15H2. The van der Waals surface area contributed by atoms with Crippen LogP contribution in [-0.4, -0.2) is 30.1 Å². The van der Waals surface area contributed by atoms with E-state index >= 15 is 0 Å². The minimum Gasteiger partial charge on any atom is -0.397 e. The molecule has 6 nitrogen and oxygen atoms in total. The number of aromatic nitrogens is 2. The number of hydrogen-bond donors (Lipinski definition) is 1. The molecule has 2 aromatic rings. The lowest BCUT2D eigenvalue weighted by atomic mass is 10.1. The minimum atomic E-state index is -3.02. The van der Waals surface area contributed by atoms with Crippen LogP contribution in [0.4, 0.5) is 5.69 Å². The van der Waals surface area contributed by atoms with Crippen LogP contribution in [-0.2, 0) is 9.84 Å². The number of benzene rings is 1. The molecule has 0 aliphatic carbocycles. The van der Waals surface area contributed by atoms with Crippen LogP contribution in [0.5, 0.6) is 0 Å². The van der Waals surface area contributed by atoms with Gasteiger partial charge >= 0.3 is 0 Å². The highest BCUT2D eigenvalue weighted by Crippen LogP contribution is 2.37. The van der Waals surface area contributed by atoms with Crippen LogP contribution in [0.25, 0.3) is 11.5 Å². The molecule has 1 unspecified atom stereocenters. The highest BCUT2D eigenvalue weighted by atomic mass is 35.5. The first-order valence-corrected chi connectivity index (χ1v) is 8.73. The number of nitrogens with two attached hydrogens (primary N) is 1. The van der Waals surface area contributed by atoms with E-state index < -0.39 is 9.84 Å². The topological polar surface area (TPSA) is 99.1 Å². The summed E-state index contributed by atoms with van der Waals surface area (Å²) in [6, 6.07) is 3.16. The molecule has 1 saturated heterocycles. The molecule has 1 atom stereocenters. The second-order valence-corrected chi connectivity index (χ2v) is 7.92. The van der Waals surface area contributed by atoms with Crippen LogP contribution in [0.3, 0.4) is 0 Å². The predicted molar refractivity (Wildman–Crippen MR) is 80.2 cm³/mol. The van der Waals surface area contributed by atoms with Crippen molar-refractivity contribution in [3.05, 3.63) is 28.0 Å². The lowest BCUT2D eigenvalue weighted by Gasteiger charge is -2.05. The Morgan fingerprint density at radius 3 is 2.67 bits per heavy atom. The van der Waals surface area contributed by atoms with E-state index in [4.69, 9.17) is 33.5 Å². The molecule has 9 heteroatoms. The van der Waals surface area contributed by atoms with Crippen molar-refractivity contribution in [1.29, 1.82) is 0 Å². The number of nitrogens with zero attached hydrogens (tertiary/aromatic N) is 2. The van der Waals surface area contributed by atoms with Gasteiger partial charge in [0.25, 0.3) is 5.89 Å². The Labute approximate surface area is 131 Å². The molecule has 1 aliphatic rings. The first-order chi connectivity index (χ1) is 9.87. The Kier molecular flexibility index (Phi) is 3.59. The van der Waals surface area contributed by atoms with Crippen molar-refractivity contribution in [3.63, 3.8) is 0 Å². The monoisotopic (exact) mass is 347 g/mol. The van der Waals surface area contributed by atoms with Crippen LogP contribution >= 0.6 is 23.2 Å². The highest BCUT2D eigenvalue weighted by Gasteiger charge is 2.32. The summed E-state index contributed by atoms with van der Waals surface area (Å²) in [4.78, 5) is 4.23. The first-order valence-electron chi connectivity index (χ1n) is 6.15. The van der Waals surface area contributed by atoms with Gasteiger partial charge in [0.05, 0.1) is 32.8 Å². The molecule has 0 amide bonds. The Bertz CT molecular complexity index is 804. The summed E-state index contributed by atoms with van der Waals surface area (Å²) >= 11 is 12.0. The minimum absolute atomic E-state index is 0.0325. The molecule has 21 heavy (non-hydrogen) atoms. The second kappa shape index (κ2) is 5.15. The third-order valence-electron chi connectivity index (χ3n) is 3.39. The van der Waals surface area contributed by atoms with E-state index in [0.717, 1.165) is 0 Å². The lowest BCUT2D eigenvalue weighted by Crippen LogP contribution is -2.05. The fraction of sp³-hybridized carbons (Fsp3) is 0.333. The summed E-state index contributed by atoms with van der Waals surface area (Å²) in [6.07, 6.45) is 0.486. The van der Waals surface area contributed by atoms with Gasteiger partial charge in [-0.3, -0.25) is 0 Å². The first kappa shape index (κ1) is 14.6. The second-order valence-electron chi connectivity index (χ2n) is 4.88. The molecule has 1 fully saturated rings.